The van der Waals surface area contributed by atoms with Crippen molar-refractivity contribution in [1.82, 2.24) is 15.5 Å². The van der Waals surface area contributed by atoms with Gasteiger partial charge in [0.2, 0.25) is 0 Å². The molecule has 252 valence electrons. The summed E-state index contributed by atoms with van der Waals surface area (Å²) in [6.07, 6.45) is 6.57. The van der Waals surface area contributed by atoms with Gasteiger partial charge < -0.3 is 8.83 Å². The predicted octanol–water partition coefficient (Wildman–Crippen LogP) is 11.8. The Morgan fingerprint density at radius 2 is 1.31 bits per heavy atom. The Bertz CT molecular complexity index is 2860. The molecule has 9 aromatic rings. The molecule has 1 fully saturated rings. The van der Waals surface area contributed by atoms with Crippen LogP contribution < -0.4 is 10.6 Å². The maximum atomic E-state index is 7.06. The molecule has 3 atom stereocenters. The summed E-state index contributed by atoms with van der Waals surface area (Å²) in [5, 5.41) is 13.8. The maximum absolute atomic E-state index is 7.06. The van der Waals surface area contributed by atoms with Crippen LogP contribution >= 0.6 is 11.3 Å². The standard InChI is InChI=1S/C46H35N3O2S/c1-49-45(27-13-3-2-4-14-27)47-44(48-46(49)36-23-11-21-33-28-15-6-8-26-39(28)52-43(33)36)35-22-10-20-32-31-19-9-18-30(41(31)51-42(32)35)29-17-12-25-38-40(29)34-16-5-7-24-37(34)50-38/h2-7,9-25,44-48H,8,26H2,1H3. The number of allylic oxidation sites excluding steroid dienone is 1. The van der Waals surface area contributed by atoms with Crippen LogP contribution in [0.2, 0.25) is 0 Å². The van der Waals surface area contributed by atoms with Crippen LogP contribution in [-0.2, 0) is 6.42 Å². The van der Waals surface area contributed by atoms with Gasteiger partial charge >= 0.3 is 0 Å². The van der Waals surface area contributed by atoms with Crippen LogP contribution in [0.5, 0.6) is 0 Å². The molecule has 1 saturated heterocycles. The van der Waals surface area contributed by atoms with Crippen molar-refractivity contribution in [1.29, 1.82) is 0 Å². The van der Waals surface area contributed by atoms with Gasteiger partial charge in [0.05, 0.1) is 18.5 Å². The molecule has 6 heteroatoms. The third-order valence-corrected chi connectivity index (χ3v) is 12.4. The summed E-state index contributed by atoms with van der Waals surface area (Å²) in [6, 6.07) is 45.2. The zero-order chi connectivity index (χ0) is 34.3. The summed E-state index contributed by atoms with van der Waals surface area (Å²) in [5.41, 5.74) is 10.7. The molecule has 5 nitrogen and oxygen atoms in total. The molecular weight excluding hydrogens is 659 g/mol. The number of hydrogen-bond acceptors (Lipinski definition) is 6. The van der Waals surface area contributed by atoms with E-state index in [9.17, 15) is 0 Å². The fourth-order valence-corrected chi connectivity index (χ4v) is 10.0. The molecule has 2 aliphatic rings. The van der Waals surface area contributed by atoms with E-state index in [0.29, 0.717) is 0 Å². The van der Waals surface area contributed by atoms with Crippen LogP contribution in [0.4, 0.5) is 0 Å². The molecule has 6 aromatic carbocycles. The van der Waals surface area contributed by atoms with Crippen molar-refractivity contribution in [2.75, 3.05) is 7.05 Å². The first-order chi connectivity index (χ1) is 25.7. The van der Waals surface area contributed by atoms with Crippen LogP contribution in [0.3, 0.4) is 0 Å². The van der Waals surface area contributed by atoms with Crippen LogP contribution in [-0.4, -0.2) is 11.9 Å². The molecule has 1 aliphatic heterocycles. The fourth-order valence-electron chi connectivity index (χ4n) is 8.69. The van der Waals surface area contributed by atoms with Crippen molar-refractivity contribution in [2.24, 2.45) is 0 Å². The highest BCUT2D eigenvalue weighted by Crippen LogP contribution is 2.45. The minimum atomic E-state index is -0.190. The Hall–Kier alpha value is -5.50. The van der Waals surface area contributed by atoms with E-state index >= 15 is 0 Å². The van der Waals surface area contributed by atoms with Gasteiger partial charge in [-0.25, -0.2) is 0 Å². The van der Waals surface area contributed by atoms with Crippen LogP contribution in [0.25, 0.3) is 71.2 Å². The van der Waals surface area contributed by atoms with Crippen molar-refractivity contribution < 1.29 is 8.83 Å². The van der Waals surface area contributed by atoms with Crippen LogP contribution in [0, 0.1) is 0 Å². The largest absolute Gasteiger partial charge is 0.456 e. The van der Waals surface area contributed by atoms with Gasteiger partial charge in [0.25, 0.3) is 0 Å². The Morgan fingerprint density at radius 1 is 0.615 bits per heavy atom. The first-order valence-corrected chi connectivity index (χ1v) is 18.9. The zero-order valence-electron chi connectivity index (χ0n) is 28.6. The lowest BCUT2D eigenvalue weighted by molar-refractivity contribution is 0.0426. The van der Waals surface area contributed by atoms with Gasteiger partial charge in [0.1, 0.15) is 22.3 Å². The Labute approximate surface area is 304 Å². The number of benzene rings is 6. The maximum Gasteiger partial charge on any atom is 0.143 e. The lowest BCUT2D eigenvalue weighted by atomic mass is 9.97. The molecule has 1 aliphatic carbocycles. The van der Waals surface area contributed by atoms with Gasteiger partial charge in [-0.1, -0.05) is 127 Å². The molecule has 0 amide bonds. The Balaban J connectivity index is 1.08. The summed E-state index contributed by atoms with van der Waals surface area (Å²) in [5.74, 6) is 0. The van der Waals surface area contributed by atoms with Crippen molar-refractivity contribution >= 4 is 71.4 Å². The molecule has 11 rings (SSSR count). The molecular formula is C46H35N3O2S. The topological polar surface area (TPSA) is 53.6 Å². The van der Waals surface area contributed by atoms with Gasteiger partial charge in [0.15, 0.2) is 0 Å². The quantitative estimate of drug-likeness (QED) is 0.192. The highest BCUT2D eigenvalue weighted by Gasteiger charge is 2.37. The van der Waals surface area contributed by atoms with E-state index in [1.165, 1.54) is 31.7 Å². The zero-order valence-corrected chi connectivity index (χ0v) is 29.4. The lowest BCUT2D eigenvalue weighted by Gasteiger charge is -2.45. The average molecular weight is 694 g/mol. The van der Waals surface area contributed by atoms with Crippen LogP contribution in [0.15, 0.2) is 142 Å². The minimum Gasteiger partial charge on any atom is -0.456 e. The van der Waals surface area contributed by atoms with E-state index in [4.69, 9.17) is 8.83 Å². The summed E-state index contributed by atoms with van der Waals surface area (Å²) in [4.78, 5) is 3.92. The highest BCUT2D eigenvalue weighted by atomic mass is 32.1. The minimum absolute atomic E-state index is 0.0376. The van der Waals surface area contributed by atoms with E-state index in [1.54, 1.807) is 0 Å². The van der Waals surface area contributed by atoms with Crippen molar-refractivity contribution in [2.45, 2.75) is 31.3 Å². The fraction of sp³-hybridized carbons (Fsp3) is 0.130. The summed E-state index contributed by atoms with van der Waals surface area (Å²) >= 11 is 1.96. The molecule has 4 heterocycles. The molecule has 0 spiro atoms. The van der Waals surface area contributed by atoms with Gasteiger partial charge in [-0.15, -0.1) is 11.3 Å². The van der Waals surface area contributed by atoms with E-state index in [0.717, 1.165) is 73.4 Å². The monoisotopic (exact) mass is 693 g/mol. The van der Waals surface area contributed by atoms with Crippen molar-refractivity contribution in [3.63, 3.8) is 0 Å². The molecule has 2 N–H and O–H groups in total. The number of hydrogen-bond donors (Lipinski definition) is 2. The van der Waals surface area contributed by atoms with Gasteiger partial charge in [-0.3, -0.25) is 15.5 Å². The first kappa shape index (κ1) is 30.2. The molecule has 0 radical (unpaired) electrons. The number of rotatable bonds is 4. The SMILES string of the molecule is CN1C(c2ccccc2)NC(c2cccc3c2oc2c(-c4cccc5oc6ccccc6c45)cccc23)NC1c1cccc2c3c(sc12)CCC=C3. The average Bonchev–Trinajstić information content (AvgIpc) is 3.90. The number of thiophene rings is 1. The lowest BCUT2D eigenvalue weighted by Crippen LogP contribution is -2.54. The Kier molecular flexibility index (Phi) is 6.82. The van der Waals surface area contributed by atoms with E-state index in [1.807, 2.05) is 23.5 Å². The highest BCUT2D eigenvalue weighted by molar-refractivity contribution is 7.19. The van der Waals surface area contributed by atoms with E-state index in [-0.39, 0.29) is 18.5 Å². The van der Waals surface area contributed by atoms with Crippen molar-refractivity contribution in [3.8, 4) is 11.1 Å². The normalized spacial score (nSPS) is 19.4. The third kappa shape index (κ3) is 4.52. The van der Waals surface area contributed by atoms with E-state index < -0.39 is 0 Å². The molecule has 0 saturated carbocycles. The second-order valence-electron chi connectivity index (χ2n) is 14.0. The number of nitrogens with zero attached hydrogens (tertiary/aromatic N) is 1. The smallest absolute Gasteiger partial charge is 0.143 e. The van der Waals surface area contributed by atoms with Crippen LogP contribution in [0.1, 0.15) is 52.0 Å². The number of aryl methyl sites for hydroxylation is 1. The first-order valence-electron chi connectivity index (χ1n) is 18.1. The number of furan rings is 2. The number of para-hydroxylation sites is 3. The predicted molar refractivity (Wildman–Crippen MR) is 214 cm³/mol. The van der Waals surface area contributed by atoms with Gasteiger partial charge in [0, 0.05) is 53.2 Å². The van der Waals surface area contributed by atoms with Crippen molar-refractivity contribution in [3.05, 3.63) is 161 Å². The Morgan fingerprint density at radius 3 is 2.21 bits per heavy atom. The number of nitrogens with one attached hydrogen (secondary N) is 2. The summed E-state index contributed by atoms with van der Waals surface area (Å²) in [6.45, 7) is 0. The van der Waals surface area contributed by atoms with E-state index in [2.05, 4.69) is 150 Å². The molecule has 3 aromatic heterocycles. The summed E-state index contributed by atoms with van der Waals surface area (Å²) in [7, 11) is 2.22. The number of fused-ring (bicyclic) bond motifs is 9. The molecule has 3 unspecified atom stereocenters. The second kappa shape index (κ2) is 11.8. The summed E-state index contributed by atoms with van der Waals surface area (Å²) < 4.78 is 14.7. The van der Waals surface area contributed by atoms with Gasteiger partial charge in [-0.2, -0.15) is 0 Å². The second-order valence-corrected chi connectivity index (χ2v) is 15.1. The van der Waals surface area contributed by atoms with Gasteiger partial charge in [-0.05, 0) is 48.7 Å². The third-order valence-electron chi connectivity index (χ3n) is 11.1. The molecule has 0 bridgehead atoms. The molecule has 52 heavy (non-hydrogen) atoms.